The summed E-state index contributed by atoms with van der Waals surface area (Å²) in [5.74, 6) is 1.21. The lowest BCUT2D eigenvalue weighted by Gasteiger charge is -2.26. The maximum Gasteiger partial charge on any atom is 0.277 e. The molecule has 4 heterocycles. The Labute approximate surface area is 306 Å². The maximum absolute atomic E-state index is 13.4. The number of nitrogens with one attached hydrogen (secondary N) is 3. The molecule has 7 rings (SSSR count). The fraction of sp³-hybridized carbons (Fsp3) is 0.368. The molecule has 1 saturated carbocycles. The number of hydrogen-bond donors (Lipinski definition) is 4. The molecule has 4 N–H and O–H groups in total. The number of carbonyl (C=O) groups is 1. The number of nitrogens with zero attached hydrogens (tertiary/aromatic N) is 4. The smallest absolute Gasteiger partial charge is 0.277 e. The van der Waals surface area contributed by atoms with Crippen LogP contribution in [0, 0.1) is 0 Å². The first-order valence-electron chi connectivity index (χ1n) is 17.3. The zero-order valence-corrected chi connectivity index (χ0v) is 30.1. The lowest BCUT2D eigenvalue weighted by molar-refractivity contribution is -0.119. The van der Waals surface area contributed by atoms with Crippen molar-refractivity contribution < 1.29 is 14.6 Å². The molecular formula is C38H41Cl2N7O4. The van der Waals surface area contributed by atoms with Crippen molar-refractivity contribution in [3.05, 3.63) is 92.6 Å². The third kappa shape index (κ3) is 7.40. The number of benzene rings is 2. The van der Waals surface area contributed by atoms with E-state index in [4.69, 9.17) is 38.0 Å². The van der Waals surface area contributed by atoms with Crippen LogP contribution in [0.3, 0.4) is 0 Å². The van der Waals surface area contributed by atoms with Gasteiger partial charge in [0.2, 0.25) is 11.8 Å². The van der Waals surface area contributed by atoms with Crippen LogP contribution in [0.1, 0.15) is 49.9 Å². The van der Waals surface area contributed by atoms with Gasteiger partial charge < -0.3 is 25.8 Å². The third-order valence-corrected chi connectivity index (χ3v) is 10.8. The van der Waals surface area contributed by atoms with Crippen molar-refractivity contribution in [1.29, 1.82) is 0 Å². The van der Waals surface area contributed by atoms with Crippen molar-refractivity contribution >= 4 is 34.6 Å². The van der Waals surface area contributed by atoms with Gasteiger partial charge in [-0.3, -0.25) is 14.2 Å². The number of carbonyl (C=O) groups excluding carboxylic acids is 1. The molecule has 1 saturated heterocycles. The Hall–Kier alpha value is -4.26. The number of rotatable bonds is 11. The van der Waals surface area contributed by atoms with Crippen LogP contribution in [0.2, 0.25) is 10.0 Å². The van der Waals surface area contributed by atoms with E-state index in [9.17, 15) is 14.7 Å². The van der Waals surface area contributed by atoms with Crippen LogP contribution >= 0.6 is 23.2 Å². The van der Waals surface area contributed by atoms with E-state index < -0.39 is 0 Å². The van der Waals surface area contributed by atoms with E-state index >= 15 is 0 Å². The first-order chi connectivity index (χ1) is 24.7. The highest BCUT2D eigenvalue weighted by Crippen LogP contribution is 2.42. The lowest BCUT2D eigenvalue weighted by Crippen LogP contribution is -2.36. The van der Waals surface area contributed by atoms with Gasteiger partial charge in [-0.25, -0.2) is 9.50 Å². The summed E-state index contributed by atoms with van der Waals surface area (Å²) in [6.07, 6.45) is 6.35. The fourth-order valence-corrected chi connectivity index (χ4v) is 7.70. The number of aromatic nitrogens is 4. The number of halogens is 2. The van der Waals surface area contributed by atoms with Gasteiger partial charge in [0, 0.05) is 78.2 Å². The van der Waals surface area contributed by atoms with Gasteiger partial charge in [0.25, 0.3) is 5.56 Å². The predicted molar refractivity (Wildman–Crippen MR) is 199 cm³/mol. The Balaban J connectivity index is 1.13. The first kappa shape index (κ1) is 35.2. The van der Waals surface area contributed by atoms with Crippen molar-refractivity contribution in [3.63, 3.8) is 0 Å². The molecule has 0 bridgehead atoms. The van der Waals surface area contributed by atoms with Crippen LogP contribution in [-0.4, -0.2) is 62.0 Å². The van der Waals surface area contributed by atoms with E-state index in [0.717, 1.165) is 65.5 Å². The number of methoxy groups -OCH3 is 1. The van der Waals surface area contributed by atoms with Gasteiger partial charge >= 0.3 is 0 Å². The molecular weight excluding hydrogens is 689 g/mol. The standard InChI is InChI=1S/C38H41Cl2N7O4/c1-46-33(20-42-24-10-13-26(48)14-11-24)45-47-21-23(17-32(47)38(46)50)27-5-3-6-28(35(27)39)29-7-4-8-30(36(29)40)31-15-9-22(37(44-31)51-2)18-41-19-25-12-16-34(49)43-25/h3-9,15,17,21,24-26,41-42,48H,10-14,16,18-20H2,1-2H3,(H,43,49)/t24-,25-,26+/m1/s1. The third-order valence-electron chi connectivity index (χ3n) is 9.98. The van der Waals surface area contributed by atoms with Gasteiger partial charge in [-0.15, -0.1) is 0 Å². The second kappa shape index (κ2) is 15.1. The second-order valence-corrected chi connectivity index (χ2v) is 14.1. The normalized spacial score (nSPS) is 19.1. The molecule has 1 amide bonds. The minimum absolute atomic E-state index is 0.0937. The molecule has 2 fully saturated rings. The van der Waals surface area contributed by atoms with E-state index in [1.807, 2.05) is 60.8 Å². The summed E-state index contributed by atoms with van der Waals surface area (Å²) < 4.78 is 8.86. The minimum atomic E-state index is -0.225. The minimum Gasteiger partial charge on any atom is -0.481 e. The first-order valence-corrected chi connectivity index (χ1v) is 18.1. The number of fused-ring (bicyclic) bond motifs is 1. The van der Waals surface area contributed by atoms with Gasteiger partial charge in [0.15, 0.2) is 0 Å². The zero-order valence-electron chi connectivity index (χ0n) is 28.6. The quantitative estimate of drug-likeness (QED) is 0.140. The molecule has 1 aliphatic heterocycles. The molecule has 5 aromatic rings. The summed E-state index contributed by atoms with van der Waals surface area (Å²) in [5.41, 5.74) is 5.57. The number of aliphatic hydroxyl groups is 1. The molecule has 2 aromatic carbocycles. The molecule has 1 aliphatic carbocycles. The van der Waals surface area contributed by atoms with Gasteiger partial charge in [0.1, 0.15) is 11.3 Å². The largest absolute Gasteiger partial charge is 0.481 e. The molecule has 0 unspecified atom stereocenters. The Morgan fingerprint density at radius 2 is 1.65 bits per heavy atom. The van der Waals surface area contributed by atoms with Crippen LogP contribution in [0.5, 0.6) is 5.88 Å². The van der Waals surface area contributed by atoms with Gasteiger partial charge in [-0.05, 0) is 44.2 Å². The molecule has 0 radical (unpaired) electrons. The molecule has 2 aliphatic rings. The van der Waals surface area contributed by atoms with Crippen molar-refractivity contribution in [3.8, 4) is 39.4 Å². The fourth-order valence-electron chi connectivity index (χ4n) is 7.03. The van der Waals surface area contributed by atoms with Crippen LogP contribution in [0.15, 0.2) is 65.6 Å². The van der Waals surface area contributed by atoms with Crippen molar-refractivity contribution in [2.45, 2.75) is 69.8 Å². The Morgan fingerprint density at radius 3 is 2.35 bits per heavy atom. The molecule has 11 nitrogen and oxygen atoms in total. The summed E-state index contributed by atoms with van der Waals surface area (Å²) in [4.78, 5) is 29.7. The molecule has 266 valence electrons. The van der Waals surface area contributed by atoms with Crippen molar-refractivity contribution in [2.24, 2.45) is 7.05 Å². The zero-order chi connectivity index (χ0) is 35.6. The highest BCUT2D eigenvalue weighted by molar-refractivity contribution is 6.39. The molecule has 51 heavy (non-hydrogen) atoms. The maximum atomic E-state index is 13.4. The Kier molecular flexibility index (Phi) is 10.4. The van der Waals surface area contributed by atoms with E-state index in [-0.39, 0.29) is 29.7 Å². The van der Waals surface area contributed by atoms with E-state index in [1.54, 1.807) is 23.2 Å². The number of ether oxygens (including phenoxy) is 1. The monoisotopic (exact) mass is 729 g/mol. The number of amides is 1. The van der Waals surface area contributed by atoms with E-state index in [0.29, 0.717) is 59.0 Å². The number of pyridine rings is 1. The van der Waals surface area contributed by atoms with Crippen molar-refractivity contribution in [2.75, 3.05) is 13.7 Å². The van der Waals surface area contributed by atoms with Gasteiger partial charge in [0.05, 0.1) is 35.5 Å². The van der Waals surface area contributed by atoms with E-state index in [1.165, 1.54) is 0 Å². The van der Waals surface area contributed by atoms with Crippen molar-refractivity contribution in [1.82, 2.24) is 35.1 Å². The second-order valence-electron chi connectivity index (χ2n) is 13.4. The number of aliphatic hydroxyl groups excluding tert-OH is 1. The highest BCUT2D eigenvalue weighted by atomic mass is 35.5. The molecule has 3 aromatic heterocycles. The van der Waals surface area contributed by atoms with Crippen LogP contribution in [0.4, 0.5) is 0 Å². The summed E-state index contributed by atoms with van der Waals surface area (Å²) in [6.45, 7) is 1.66. The van der Waals surface area contributed by atoms with E-state index in [2.05, 4.69) is 16.0 Å². The molecule has 13 heteroatoms. The van der Waals surface area contributed by atoms with Crippen LogP contribution in [0.25, 0.3) is 39.0 Å². The predicted octanol–water partition coefficient (Wildman–Crippen LogP) is 5.51. The van der Waals surface area contributed by atoms with Crippen LogP contribution < -0.4 is 26.2 Å². The average molecular weight is 731 g/mol. The van der Waals surface area contributed by atoms with Gasteiger partial charge in [-0.1, -0.05) is 65.7 Å². The van der Waals surface area contributed by atoms with Gasteiger partial charge in [-0.2, -0.15) is 5.10 Å². The average Bonchev–Trinajstić information content (AvgIpc) is 3.76. The Morgan fingerprint density at radius 1 is 0.941 bits per heavy atom. The van der Waals surface area contributed by atoms with Crippen LogP contribution in [-0.2, 0) is 24.9 Å². The SMILES string of the molecule is COc1nc(-c2cccc(-c3cccc(-c4cc5c(=O)n(C)c(CN[C@H]6CC[C@@H](O)CC6)nn5c4)c3Cl)c2Cl)ccc1CNC[C@H]1CCC(=O)N1. The Bertz CT molecular complexity index is 2140. The summed E-state index contributed by atoms with van der Waals surface area (Å²) in [5, 5.41) is 25.5. The highest BCUT2D eigenvalue weighted by Gasteiger charge is 2.22. The molecule has 1 atom stereocenters. The molecule has 0 spiro atoms. The summed E-state index contributed by atoms with van der Waals surface area (Å²) >= 11 is 14.2. The lowest BCUT2D eigenvalue weighted by atomic mass is 9.93. The topological polar surface area (TPSA) is 135 Å². The summed E-state index contributed by atoms with van der Waals surface area (Å²) in [6, 6.07) is 17.6. The summed E-state index contributed by atoms with van der Waals surface area (Å²) in [7, 11) is 3.33. The number of hydrogen-bond acceptors (Lipinski definition) is 8.